The van der Waals surface area contributed by atoms with Crippen LogP contribution in [0.25, 0.3) is 0 Å². The van der Waals surface area contributed by atoms with Crippen molar-refractivity contribution in [3.8, 4) is 0 Å². The summed E-state index contributed by atoms with van der Waals surface area (Å²) < 4.78 is 6.17. The van der Waals surface area contributed by atoms with E-state index in [-0.39, 0.29) is 0 Å². The molecule has 0 aromatic rings. The zero-order valence-electron chi connectivity index (χ0n) is 9.55. The van der Waals surface area contributed by atoms with Crippen LogP contribution in [-0.4, -0.2) is 20.5 Å². The normalized spacial score (nSPS) is 30.0. The van der Waals surface area contributed by atoms with Crippen molar-refractivity contribution in [1.82, 2.24) is 0 Å². The van der Waals surface area contributed by atoms with Gasteiger partial charge in [-0.15, -0.1) is 0 Å². The van der Waals surface area contributed by atoms with Gasteiger partial charge in [-0.2, -0.15) is 0 Å². The van der Waals surface area contributed by atoms with Crippen molar-refractivity contribution < 1.29 is 4.43 Å². The fourth-order valence-corrected chi connectivity index (χ4v) is 2.68. The first-order chi connectivity index (χ1) is 5.72. The third-order valence-corrected chi connectivity index (χ3v) is 7.93. The van der Waals surface area contributed by atoms with Crippen molar-refractivity contribution in [3.63, 3.8) is 0 Å². The minimum absolute atomic E-state index is 0.326. The molecule has 0 amide bonds. The number of rotatable bonds is 2. The molecule has 78 valence electrons. The van der Waals surface area contributed by atoms with E-state index in [0.717, 1.165) is 12.8 Å². The van der Waals surface area contributed by atoms with E-state index in [1.165, 1.54) is 0 Å². The molecule has 2 nitrogen and oxygen atoms in total. The Morgan fingerprint density at radius 2 is 1.69 bits per heavy atom. The van der Waals surface area contributed by atoms with Crippen molar-refractivity contribution in [2.24, 2.45) is 5.73 Å². The minimum atomic E-state index is -1.52. The van der Waals surface area contributed by atoms with Crippen LogP contribution in [0.5, 0.6) is 0 Å². The molecule has 0 spiro atoms. The molecule has 1 aliphatic rings. The molecule has 1 saturated carbocycles. The van der Waals surface area contributed by atoms with E-state index < -0.39 is 8.32 Å². The number of hydrogen-bond donors (Lipinski definition) is 1. The first-order valence-corrected chi connectivity index (χ1v) is 8.06. The van der Waals surface area contributed by atoms with Crippen LogP contribution in [0.3, 0.4) is 0 Å². The summed E-state index contributed by atoms with van der Waals surface area (Å²) >= 11 is 0. The second kappa shape index (κ2) is 3.37. The third kappa shape index (κ3) is 2.54. The summed E-state index contributed by atoms with van der Waals surface area (Å²) in [5.41, 5.74) is 5.73. The summed E-state index contributed by atoms with van der Waals surface area (Å²) in [6.45, 7) is 11.4. The highest BCUT2D eigenvalue weighted by Crippen LogP contribution is 2.39. The fourth-order valence-electron chi connectivity index (χ4n) is 1.30. The molecule has 2 N–H and O–H groups in total. The zero-order chi connectivity index (χ0) is 10.3. The molecule has 0 aromatic carbocycles. The van der Waals surface area contributed by atoms with Gasteiger partial charge in [-0.1, -0.05) is 20.8 Å². The zero-order valence-corrected chi connectivity index (χ0v) is 10.6. The van der Waals surface area contributed by atoms with Gasteiger partial charge in [-0.3, -0.25) is 0 Å². The topological polar surface area (TPSA) is 35.2 Å². The molecule has 0 unspecified atom stereocenters. The summed E-state index contributed by atoms with van der Waals surface area (Å²) in [7, 11) is -1.52. The summed E-state index contributed by atoms with van der Waals surface area (Å²) in [5.74, 6) is 0. The van der Waals surface area contributed by atoms with Crippen LogP contribution >= 0.6 is 0 Å². The van der Waals surface area contributed by atoms with Crippen LogP contribution in [0, 0.1) is 0 Å². The Kier molecular flexibility index (Phi) is 2.91. The molecule has 1 rings (SSSR count). The minimum Gasteiger partial charge on any atom is -0.414 e. The molecule has 13 heavy (non-hydrogen) atoms. The van der Waals surface area contributed by atoms with E-state index in [9.17, 15) is 0 Å². The molecule has 1 aliphatic carbocycles. The SMILES string of the molecule is CC(C)(C)[Si](C)(C)O[C@H]1C[C@H](N)C1. The van der Waals surface area contributed by atoms with Gasteiger partial charge in [0.05, 0.1) is 0 Å². The molecule has 0 saturated heterocycles. The Labute approximate surface area is 83.0 Å². The van der Waals surface area contributed by atoms with E-state index in [1.54, 1.807) is 0 Å². The molecule has 1 fully saturated rings. The van der Waals surface area contributed by atoms with Crippen LogP contribution in [0.15, 0.2) is 0 Å². The maximum Gasteiger partial charge on any atom is 0.192 e. The van der Waals surface area contributed by atoms with Crippen molar-refractivity contribution in [3.05, 3.63) is 0 Å². The maximum absolute atomic E-state index is 6.17. The highest BCUT2D eigenvalue weighted by molar-refractivity contribution is 6.74. The molecule has 0 atom stereocenters. The van der Waals surface area contributed by atoms with Gasteiger partial charge in [0.2, 0.25) is 0 Å². The summed E-state index contributed by atoms with van der Waals surface area (Å²) in [6, 6.07) is 0.398. The number of nitrogens with two attached hydrogens (primary N) is 1. The highest BCUT2D eigenvalue weighted by atomic mass is 28.4. The molecular formula is C10H23NOSi. The second-order valence-electron chi connectivity index (χ2n) is 5.73. The molecule has 0 heterocycles. The lowest BCUT2D eigenvalue weighted by Gasteiger charge is -2.43. The van der Waals surface area contributed by atoms with Gasteiger partial charge in [-0.05, 0) is 31.0 Å². The van der Waals surface area contributed by atoms with E-state index in [4.69, 9.17) is 10.2 Å². The van der Waals surface area contributed by atoms with E-state index >= 15 is 0 Å². The lowest BCUT2D eigenvalue weighted by atomic mass is 9.91. The Morgan fingerprint density at radius 3 is 2.00 bits per heavy atom. The summed E-state index contributed by atoms with van der Waals surface area (Å²) in [5, 5.41) is 0.326. The Hall–Kier alpha value is 0.137. The Morgan fingerprint density at radius 1 is 1.23 bits per heavy atom. The van der Waals surface area contributed by atoms with E-state index in [1.807, 2.05) is 0 Å². The van der Waals surface area contributed by atoms with Gasteiger partial charge in [0, 0.05) is 12.1 Å². The standard InChI is InChI=1S/C10H23NOSi/c1-10(2,3)13(4,5)12-9-6-8(11)7-9/h8-9H,6-7,11H2,1-5H3/t8-,9-. The van der Waals surface area contributed by atoms with Gasteiger partial charge < -0.3 is 10.2 Å². The van der Waals surface area contributed by atoms with Crippen molar-refractivity contribution >= 4 is 8.32 Å². The maximum atomic E-state index is 6.17. The van der Waals surface area contributed by atoms with E-state index in [0.29, 0.717) is 17.2 Å². The fraction of sp³-hybridized carbons (Fsp3) is 1.00. The quantitative estimate of drug-likeness (QED) is 0.697. The summed E-state index contributed by atoms with van der Waals surface area (Å²) in [4.78, 5) is 0. The lowest BCUT2D eigenvalue weighted by Crippen LogP contribution is -2.50. The van der Waals surface area contributed by atoms with Crippen LogP contribution in [0.2, 0.25) is 18.1 Å². The van der Waals surface area contributed by atoms with Crippen molar-refractivity contribution in [2.45, 2.75) is 63.9 Å². The predicted molar refractivity (Wildman–Crippen MR) is 59.3 cm³/mol. The Balaban J connectivity index is 2.43. The van der Waals surface area contributed by atoms with Crippen LogP contribution in [-0.2, 0) is 4.43 Å². The molecule has 0 radical (unpaired) electrons. The highest BCUT2D eigenvalue weighted by Gasteiger charge is 2.41. The number of hydrogen-bond acceptors (Lipinski definition) is 2. The van der Waals surface area contributed by atoms with E-state index in [2.05, 4.69) is 33.9 Å². The van der Waals surface area contributed by atoms with Gasteiger partial charge in [-0.25, -0.2) is 0 Å². The Bertz CT molecular complexity index is 180. The molecule has 0 aliphatic heterocycles. The largest absolute Gasteiger partial charge is 0.414 e. The second-order valence-corrected chi connectivity index (χ2v) is 10.5. The van der Waals surface area contributed by atoms with Crippen molar-refractivity contribution in [2.75, 3.05) is 0 Å². The predicted octanol–water partition coefficient (Wildman–Crippen LogP) is 2.50. The van der Waals surface area contributed by atoms with Gasteiger partial charge in [0.25, 0.3) is 0 Å². The van der Waals surface area contributed by atoms with Gasteiger partial charge in [0.15, 0.2) is 8.32 Å². The third-order valence-electron chi connectivity index (χ3n) is 3.40. The smallest absolute Gasteiger partial charge is 0.192 e. The first-order valence-electron chi connectivity index (χ1n) is 5.16. The van der Waals surface area contributed by atoms with Crippen LogP contribution < -0.4 is 5.73 Å². The van der Waals surface area contributed by atoms with Crippen LogP contribution in [0.4, 0.5) is 0 Å². The molecular weight excluding hydrogens is 178 g/mol. The van der Waals surface area contributed by atoms with Crippen molar-refractivity contribution in [1.29, 1.82) is 0 Å². The molecule has 0 bridgehead atoms. The summed E-state index contributed by atoms with van der Waals surface area (Å²) in [6.07, 6.45) is 2.58. The average molecular weight is 201 g/mol. The molecule has 0 aromatic heterocycles. The monoisotopic (exact) mass is 201 g/mol. The average Bonchev–Trinajstić information content (AvgIpc) is 1.80. The lowest BCUT2D eigenvalue weighted by molar-refractivity contribution is 0.0864. The van der Waals surface area contributed by atoms with Gasteiger partial charge >= 0.3 is 0 Å². The molecule has 3 heteroatoms. The van der Waals surface area contributed by atoms with Gasteiger partial charge in [0.1, 0.15) is 0 Å². The first kappa shape index (κ1) is 11.2. The van der Waals surface area contributed by atoms with Crippen LogP contribution in [0.1, 0.15) is 33.6 Å².